The van der Waals surface area contributed by atoms with Gasteiger partial charge in [0.05, 0.1) is 0 Å². The Hall–Kier alpha value is -3.48. The summed E-state index contributed by atoms with van der Waals surface area (Å²) in [6.07, 6.45) is 0.730. The Morgan fingerprint density at radius 1 is 0.967 bits per heavy atom. The Bertz CT molecular complexity index is 1110. The highest BCUT2D eigenvalue weighted by Gasteiger charge is 2.40. The molecular weight excluding hydrogens is 378 g/mol. The van der Waals surface area contributed by atoms with E-state index in [0.29, 0.717) is 30.7 Å². The number of hydrogen-bond acceptors (Lipinski definition) is 4. The Labute approximate surface area is 174 Å². The topological polar surface area (TPSA) is 80.1 Å². The molecule has 0 spiro atoms. The average Bonchev–Trinajstić information content (AvgIpc) is 3.35. The van der Waals surface area contributed by atoms with E-state index in [4.69, 9.17) is 0 Å². The second-order valence-electron chi connectivity index (χ2n) is 8.17. The molecular formula is C23H23N5O2. The van der Waals surface area contributed by atoms with Crippen LogP contribution in [0.15, 0.2) is 54.6 Å². The number of benzene rings is 2. The summed E-state index contributed by atoms with van der Waals surface area (Å²) in [7, 11) is 0. The number of fused-ring (bicyclic) bond motifs is 2. The zero-order valence-electron chi connectivity index (χ0n) is 16.8. The van der Waals surface area contributed by atoms with Crippen LogP contribution >= 0.6 is 0 Å². The van der Waals surface area contributed by atoms with E-state index < -0.39 is 0 Å². The number of anilines is 1. The summed E-state index contributed by atoms with van der Waals surface area (Å²) in [4.78, 5) is 27.6. The number of para-hydroxylation sites is 1. The first-order valence-electron chi connectivity index (χ1n) is 10.2. The minimum atomic E-state index is -0.260. The van der Waals surface area contributed by atoms with Gasteiger partial charge in [-0.3, -0.25) is 9.59 Å². The SMILES string of the molecule is Cc1cccc(C(=O)N2C[C@H]3Cc4nnc(C(=O)Nc5ccccc5)n4C[C@@H]3C2)c1. The second-order valence-corrected chi connectivity index (χ2v) is 8.17. The number of hydrogen-bond donors (Lipinski definition) is 1. The minimum Gasteiger partial charge on any atom is -0.338 e. The first kappa shape index (κ1) is 18.5. The van der Waals surface area contributed by atoms with E-state index in [0.717, 1.165) is 35.6 Å². The molecule has 3 aromatic rings. The van der Waals surface area contributed by atoms with Crippen LogP contribution in [-0.2, 0) is 13.0 Å². The smallest absolute Gasteiger partial charge is 0.293 e. The third-order valence-electron chi connectivity index (χ3n) is 6.05. The fraction of sp³-hybridized carbons (Fsp3) is 0.304. The fourth-order valence-corrected chi connectivity index (χ4v) is 4.53. The Morgan fingerprint density at radius 3 is 2.57 bits per heavy atom. The van der Waals surface area contributed by atoms with Gasteiger partial charge in [0.15, 0.2) is 0 Å². The molecule has 7 heteroatoms. The third kappa shape index (κ3) is 3.36. The van der Waals surface area contributed by atoms with Gasteiger partial charge in [0.1, 0.15) is 5.82 Å². The predicted molar refractivity (Wildman–Crippen MR) is 112 cm³/mol. The zero-order valence-corrected chi connectivity index (χ0v) is 16.8. The summed E-state index contributed by atoms with van der Waals surface area (Å²) in [5.41, 5.74) is 2.54. The number of likely N-dealkylation sites (tertiary alicyclic amines) is 1. The van der Waals surface area contributed by atoms with Crippen LogP contribution in [-0.4, -0.2) is 44.6 Å². The van der Waals surface area contributed by atoms with E-state index in [-0.39, 0.29) is 11.8 Å². The molecule has 30 heavy (non-hydrogen) atoms. The molecule has 0 unspecified atom stereocenters. The molecule has 1 fully saturated rings. The van der Waals surface area contributed by atoms with Crippen molar-refractivity contribution in [3.8, 4) is 0 Å². The first-order valence-corrected chi connectivity index (χ1v) is 10.2. The molecule has 0 aliphatic carbocycles. The van der Waals surface area contributed by atoms with E-state index in [1.165, 1.54) is 0 Å². The number of aromatic nitrogens is 3. The number of carbonyl (C=O) groups is 2. The van der Waals surface area contributed by atoms with E-state index >= 15 is 0 Å². The summed E-state index contributed by atoms with van der Waals surface area (Å²) in [6, 6.07) is 17.1. The number of aryl methyl sites for hydroxylation is 1. The van der Waals surface area contributed by atoms with Crippen LogP contribution in [0.25, 0.3) is 0 Å². The molecule has 3 heterocycles. The van der Waals surface area contributed by atoms with E-state index in [1.54, 1.807) is 0 Å². The maximum Gasteiger partial charge on any atom is 0.293 e. The Kier molecular flexibility index (Phi) is 4.58. The monoisotopic (exact) mass is 401 g/mol. The molecule has 0 saturated carbocycles. The van der Waals surface area contributed by atoms with E-state index in [9.17, 15) is 9.59 Å². The van der Waals surface area contributed by atoms with Crippen LogP contribution in [0.4, 0.5) is 5.69 Å². The zero-order chi connectivity index (χ0) is 20.7. The molecule has 1 aromatic heterocycles. The van der Waals surface area contributed by atoms with E-state index in [1.807, 2.05) is 71.0 Å². The van der Waals surface area contributed by atoms with Gasteiger partial charge in [0.2, 0.25) is 5.82 Å². The van der Waals surface area contributed by atoms with Crippen molar-refractivity contribution < 1.29 is 9.59 Å². The van der Waals surface area contributed by atoms with Gasteiger partial charge in [-0.2, -0.15) is 0 Å². The molecule has 2 aliphatic rings. The number of carbonyl (C=O) groups excluding carboxylic acids is 2. The van der Waals surface area contributed by atoms with Gasteiger partial charge in [0, 0.05) is 37.3 Å². The molecule has 1 saturated heterocycles. The second kappa shape index (κ2) is 7.40. The van der Waals surface area contributed by atoms with Crippen molar-refractivity contribution in [2.45, 2.75) is 19.9 Å². The molecule has 2 aliphatic heterocycles. The summed E-state index contributed by atoms with van der Waals surface area (Å²) in [5, 5.41) is 11.3. The molecule has 2 atom stereocenters. The molecule has 0 radical (unpaired) electrons. The summed E-state index contributed by atoms with van der Waals surface area (Å²) in [6.45, 7) is 4.06. The lowest BCUT2D eigenvalue weighted by Gasteiger charge is -2.25. The van der Waals surface area contributed by atoms with Crippen LogP contribution in [0.5, 0.6) is 0 Å². The number of nitrogens with one attached hydrogen (secondary N) is 1. The van der Waals surface area contributed by atoms with Crippen LogP contribution in [0.1, 0.15) is 32.4 Å². The standard InChI is InChI=1S/C23H23N5O2/c1-15-6-5-7-16(10-15)23(30)27-12-17-11-20-25-26-21(28(20)14-18(17)13-27)22(29)24-19-8-3-2-4-9-19/h2-10,17-18H,11-14H2,1H3,(H,24,29)/t17-,18+/m1/s1. The highest BCUT2D eigenvalue weighted by molar-refractivity contribution is 6.01. The lowest BCUT2D eigenvalue weighted by molar-refractivity contribution is 0.0783. The molecule has 152 valence electrons. The van der Waals surface area contributed by atoms with Gasteiger partial charge in [-0.25, -0.2) is 0 Å². The van der Waals surface area contributed by atoms with E-state index in [2.05, 4.69) is 15.5 Å². The van der Waals surface area contributed by atoms with Crippen molar-refractivity contribution in [1.29, 1.82) is 0 Å². The average molecular weight is 401 g/mol. The lowest BCUT2D eigenvalue weighted by atomic mass is 9.89. The largest absolute Gasteiger partial charge is 0.338 e. The van der Waals surface area contributed by atoms with Crippen LogP contribution in [0.2, 0.25) is 0 Å². The quantitative estimate of drug-likeness (QED) is 0.732. The van der Waals surface area contributed by atoms with Gasteiger partial charge < -0.3 is 14.8 Å². The van der Waals surface area contributed by atoms with Crippen LogP contribution in [0, 0.1) is 18.8 Å². The molecule has 0 bridgehead atoms. The summed E-state index contributed by atoms with van der Waals surface area (Å²) >= 11 is 0. The number of rotatable bonds is 3. The molecule has 1 N–H and O–H groups in total. The highest BCUT2D eigenvalue weighted by Crippen LogP contribution is 2.33. The van der Waals surface area contributed by atoms with Gasteiger partial charge in [0.25, 0.3) is 11.8 Å². The molecule has 2 aromatic carbocycles. The first-order chi connectivity index (χ1) is 14.6. The predicted octanol–water partition coefficient (Wildman–Crippen LogP) is 2.78. The molecule has 5 rings (SSSR count). The normalized spacial score (nSPS) is 19.8. The maximum absolute atomic E-state index is 13.0. The van der Waals surface area contributed by atoms with Crippen LogP contribution < -0.4 is 5.32 Å². The number of nitrogens with zero attached hydrogens (tertiary/aromatic N) is 4. The van der Waals surface area contributed by atoms with Crippen molar-refractivity contribution in [2.75, 3.05) is 18.4 Å². The van der Waals surface area contributed by atoms with Crippen molar-refractivity contribution in [3.63, 3.8) is 0 Å². The molecule has 7 nitrogen and oxygen atoms in total. The molecule has 2 amide bonds. The highest BCUT2D eigenvalue weighted by atomic mass is 16.2. The van der Waals surface area contributed by atoms with Crippen molar-refractivity contribution in [2.24, 2.45) is 11.8 Å². The van der Waals surface area contributed by atoms with Gasteiger partial charge in [-0.1, -0.05) is 35.9 Å². The summed E-state index contributed by atoms with van der Waals surface area (Å²) in [5.74, 6) is 1.61. The van der Waals surface area contributed by atoms with Gasteiger partial charge >= 0.3 is 0 Å². The van der Waals surface area contributed by atoms with Crippen molar-refractivity contribution in [3.05, 3.63) is 77.4 Å². The fourth-order valence-electron chi connectivity index (χ4n) is 4.53. The Morgan fingerprint density at radius 2 is 1.77 bits per heavy atom. The van der Waals surface area contributed by atoms with Gasteiger partial charge in [-0.15, -0.1) is 10.2 Å². The minimum absolute atomic E-state index is 0.0749. The Balaban J connectivity index is 1.31. The van der Waals surface area contributed by atoms with Crippen molar-refractivity contribution in [1.82, 2.24) is 19.7 Å². The number of amides is 2. The van der Waals surface area contributed by atoms with Crippen LogP contribution in [0.3, 0.4) is 0 Å². The van der Waals surface area contributed by atoms with Crippen molar-refractivity contribution >= 4 is 17.5 Å². The third-order valence-corrected chi connectivity index (χ3v) is 6.05. The maximum atomic E-state index is 13.0. The van der Waals surface area contributed by atoms with Gasteiger partial charge in [-0.05, 0) is 43.0 Å². The lowest BCUT2D eigenvalue weighted by Crippen LogP contribution is -2.31. The summed E-state index contributed by atoms with van der Waals surface area (Å²) < 4.78 is 1.92.